The number of Topliss-reactive ketones (excluding diaryl/α,β-unsaturated/α-hetero) is 1. The summed E-state index contributed by atoms with van der Waals surface area (Å²) in [5.41, 5.74) is 0. The van der Waals surface area contributed by atoms with E-state index < -0.39 is 0 Å². The summed E-state index contributed by atoms with van der Waals surface area (Å²) in [4.78, 5) is 12.5. The average Bonchev–Trinajstić information content (AvgIpc) is 2.74. The molecule has 0 spiro atoms. The zero-order valence-corrected chi connectivity index (χ0v) is 10.7. The van der Waals surface area contributed by atoms with Crippen molar-refractivity contribution in [1.29, 1.82) is 0 Å². The molecule has 1 nitrogen and oxygen atoms in total. The third-order valence-corrected chi connectivity index (χ3v) is 4.69. The maximum absolute atomic E-state index is 12.5. The second-order valence-electron chi connectivity index (χ2n) is 5.66. The molecule has 0 amide bonds. The van der Waals surface area contributed by atoms with Gasteiger partial charge >= 0.3 is 0 Å². The Morgan fingerprint density at radius 1 is 0.750 bits per heavy atom. The first-order chi connectivity index (χ1) is 7.52. The molecule has 0 heterocycles. The van der Waals surface area contributed by atoms with Crippen LogP contribution in [0.2, 0.25) is 0 Å². The zero-order valence-electron chi connectivity index (χ0n) is 10.7. The van der Waals surface area contributed by atoms with Gasteiger partial charge in [0.15, 0.2) is 0 Å². The van der Waals surface area contributed by atoms with Gasteiger partial charge in [-0.05, 0) is 23.7 Å². The van der Waals surface area contributed by atoms with E-state index in [9.17, 15) is 4.79 Å². The lowest BCUT2D eigenvalue weighted by atomic mass is 9.79. The van der Waals surface area contributed by atoms with Crippen molar-refractivity contribution in [3.8, 4) is 0 Å². The van der Waals surface area contributed by atoms with E-state index in [-0.39, 0.29) is 11.8 Å². The lowest BCUT2D eigenvalue weighted by Crippen LogP contribution is -2.29. The summed E-state index contributed by atoms with van der Waals surface area (Å²) in [6, 6.07) is 0. The molecule has 0 bridgehead atoms. The maximum atomic E-state index is 12.5. The number of ketones is 1. The van der Waals surface area contributed by atoms with Crippen LogP contribution < -0.4 is 0 Å². The van der Waals surface area contributed by atoms with Gasteiger partial charge in [-0.25, -0.2) is 0 Å². The van der Waals surface area contributed by atoms with E-state index in [1.54, 1.807) is 0 Å². The lowest BCUT2D eigenvalue weighted by molar-refractivity contribution is -0.126. The molecule has 6 unspecified atom stereocenters. The predicted octanol–water partition coefficient (Wildman–Crippen LogP) is 3.47. The average molecular weight is 218 g/mol. The van der Waals surface area contributed by atoms with Crippen LogP contribution in [0.3, 0.4) is 0 Å². The number of hydrogen-bond acceptors (Lipinski definition) is 1. The van der Waals surface area contributed by atoms with E-state index in [2.05, 4.69) is 52.0 Å². The Kier molecular flexibility index (Phi) is 3.05. The Labute approximate surface area is 98.6 Å². The molecule has 0 saturated carbocycles. The van der Waals surface area contributed by atoms with E-state index in [4.69, 9.17) is 0 Å². The van der Waals surface area contributed by atoms with Crippen molar-refractivity contribution in [2.45, 2.75) is 27.7 Å². The Morgan fingerprint density at radius 2 is 1.12 bits per heavy atom. The van der Waals surface area contributed by atoms with Crippen LogP contribution in [0.15, 0.2) is 24.3 Å². The van der Waals surface area contributed by atoms with Crippen molar-refractivity contribution >= 4 is 5.78 Å². The molecular weight excluding hydrogens is 196 g/mol. The summed E-state index contributed by atoms with van der Waals surface area (Å²) in [6.45, 7) is 8.79. The molecule has 6 atom stereocenters. The van der Waals surface area contributed by atoms with Gasteiger partial charge in [0.1, 0.15) is 5.78 Å². The molecule has 16 heavy (non-hydrogen) atoms. The van der Waals surface area contributed by atoms with Crippen LogP contribution in [0, 0.1) is 35.5 Å². The van der Waals surface area contributed by atoms with Crippen LogP contribution in [0.4, 0.5) is 0 Å². The van der Waals surface area contributed by atoms with Crippen LogP contribution >= 0.6 is 0 Å². The molecule has 2 aliphatic carbocycles. The molecule has 0 radical (unpaired) electrons. The number of allylic oxidation sites excluding steroid dienone is 4. The second kappa shape index (κ2) is 4.20. The lowest BCUT2D eigenvalue weighted by Gasteiger charge is -2.23. The van der Waals surface area contributed by atoms with E-state index in [1.807, 2.05) is 0 Å². The standard InChI is InChI=1S/C15H22O/c1-9-5-7-13(11(9)3)15(16)14-8-6-10(2)12(14)4/h5-14H,1-4H3. The van der Waals surface area contributed by atoms with Gasteiger partial charge in [0.2, 0.25) is 0 Å². The van der Waals surface area contributed by atoms with Crippen molar-refractivity contribution < 1.29 is 4.79 Å². The Bertz CT molecular complexity index is 307. The van der Waals surface area contributed by atoms with Crippen molar-refractivity contribution in [3.05, 3.63) is 24.3 Å². The molecule has 1 heteroatoms. The predicted molar refractivity (Wildman–Crippen MR) is 66.9 cm³/mol. The number of carbonyl (C=O) groups excluding carboxylic acids is 1. The summed E-state index contributed by atoms with van der Waals surface area (Å²) in [5, 5.41) is 0. The minimum Gasteiger partial charge on any atom is -0.298 e. The molecule has 0 N–H and O–H groups in total. The second-order valence-corrected chi connectivity index (χ2v) is 5.66. The third kappa shape index (κ3) is 1.77. The van der Waals surface area contributed by atoms with Crippen LogP contribution in [0.1, 0.15) is 27.7 Å². The number of carbonyl (C=O) groups is 1. The highest BCUT2D eigenvalue weighted by molar-refractivity contribution is 5.88. The third-order valence-electron chi connectivity index (χ3n) is 4.69. The van der Waals surface area contributed by atoms with Gasteiger partial charge in [0.25, 0.3) is 0 Å². The minimum absolute atomic E-state index is 0.150. The fourth-order valence-electron chi connectivity index (χ4n) is 2.88. The zero-order chi connectivity index (χ0) is 11.9. The Balaban J connectivity index is 2.10. The first-order valence-corrected chi connectivity index (χ1v) is 6.42. The van der Waals surface area contributed by atoms with Gasteiger partial charge in [-0.2, -0.15) is 0 Å². The molecule has 0 aliphatic heterocycles. The molecule has 0 saturated heterocycles. The Morgan fingerprint density at radius 3 is 1.38 bits per heavy atom. The summed E-state index contributed by atoms with van der Waals surface area (Å²) in [5.74, 6) is 2.78. The molecule has 88 valence electrons. The largest absolute Gasteiger partial charge is 0.298 e. The molecule has 0 aromatic rings. The van der Waals surface area contributed by atoms with Gasteiger partial charge < -0.3 is 0 Å². The van der Waals surface area contributed by atoms with Crippen molar-refractivity contribution in [2.75, 3.05) is 0 Å². The fraction of sp³-hybridized carbons (Fsp3) is 0.667. The van der Waals surface area contributed by atoms with Gasteiger partial charge in [-0.1, -0.05) is 52.0 Å². The van der Waals surface area contributed by atoms with E-state index in [1.165, 1.54) is 0 Å². The summed E-state index contributed by atoms with van der Waals surface area (Å²) < 4.78 is 0. The highest BCUT2D eigenvalue weighted by Crippen LogP contribution is 2.38. The first kappa shape index (κ1) is 11.6. The molecule has 2 rings (SSSR count). The summed E-state index contributed by atoms with van der Waals surface area (Å²) in [6.07, 6.45) is 8.64. The fourth-order valence-corrected chi connectivity index (χ4v) is 2.88. The van der Waals surface area contributed by atoms with Crippen molar-refractivity contribution in [1.82, 2.24) is 0 Å². The quantitative estimate of drug-likeness (QED) is 0.649. The topological polar surface area (TPSA) is 17.1 Å². The number of rotatable bonds is 2. The van der Waals surface area contributed by atoms with E-state index >= 15 is 0 Å². The molecule has 2 aliphatic rings. The van der Waals surface area contributed by atoms with E-state index in [0.717, 1.165) is 0 Å². The number of hydrogen-bond donors (Lipinski definition) is 0. The minimum atomic E-state index is 0.150. The molecular formula is C15H22O. The van der Waals surface area contributed by atoms with Crippen LogP contribution in [-0.2, 0) is 4.79 Å². The highest BCUT2D eigenvalue weighted by atomic mass is 16.1. The maximum Gasteiger partial charge on any atom is 0.147 e. The van der Waals surface area contributed by atoms with Crippen molar-refractivity contribution in [3.63, 3.8) is 0 Å². The molecule has 0 aromatic carbocycles. The highest BCUT2D eigenvalue weighted by Gasteiger charge is 2.38. The molecule has 0 fully saturated rings. The van der Waals surface area contributed by atoms with Crippen LogP contribution in [-0.4, -0.2) is 5.78 Å². The SMILES string of the molecule is CC1C=CC(C(=O)C2C=CC(C)C2C)C1C. The summed E-state index contributed by atoms with van der Waals surface area (Å²) >= 11 is 0. The van der Waals surface area contributed by atoms with Gasteiger partial charge in [-0.3, -0.25) is 4.79 Å². The monoisotopic (exact) mass is 218 g/mol. The normalized spacial score (nSPS) is 46.5. The Hall–Kier alpha value is -0.850. The first-order valence-electron chi connectivity index (χ1n) is 6.42. The smallest absolute Gasteiger partial charge is 0.147 e. The van der Waals surface area contributed by atoms with Crippen molar-refractivity contribution in [2.24, 2.45) is 35.5 Å². The molecule has 0 aromatic heterocycles. The van der Waals surface area contributed by atoms with Crippen LogP contribution in [0.5, 0.6) is 0 Å². The van der Waals surface area contributed by atoms with E-state index in [0.29, 0.717) is 29.5 Å². The van der Waals surface area contributed by atoms with Crippen LogP contribution in [0.25, 0.3) is 0 Å². The van der Waals surface area contributed by atoms with Gasteiger partial charge in [-0.15, -0.1) is 0 Å². The van der Waals surface area contributed by atoms with Gasteiger partial charge in [0.05, 0.1) is 0 Å². The summed E-state index contributed by atoms with van der Waals surface area (Å²) in [7, 11) is 0. The van der Waals surface area contributed by atoms with Gasteiger partial charge in [0, 0.05) is 11.8 Å².